The van der Waals surface area contributed by atoms with Crippen molar-refractivity contribution >= 4 is 35.4 Å². The fourth-order valence-corrected chi connectivity index (χ4v) is 5.86. The van der Waals surface area contributed by atoms with Crippen LogP contribution in [-0.2, 0) is 57.1 Å². The zero-order valence-corrected chi connectivity index (χ0v) is 32.3. The topological polar surface area (TPSA) is 37.6 Å². The predicted octanol–water partition coefficient (Wildman–Crippen LogP) is 1.96. The Labute approximate surface area is 309 Å². The second kappa shape index (κ2) is 24.8. The summed E-state index contributed by atoms with van der Waals surface area (Å²) in [6, 6.07) is 13.2. The minimum absolute atomic E-state index is 0. The number of pyridine rings is 1. The van der Waals surface area contributed by atoms with Gasteiger partial charge in [-0.1, -0.05) is 116 Å². The van der Waals surface area contributed by atoms with E-state index < -0.39 is 0 Å². The number of halogens is 4. The largest absolute Gasteiger partial charge is 3.00 e. The van der Waals surface area contributed by atoms with Gasteiger partial charge in [0.2, 0.25) is 0 Å². The van der Waals surface area contributed by atoms with Gasteiger partial charge in [-0.2, -0.15) is 0 Å². The number of rotatable bonds is 16. The van der Waals surface area contributed by atoms with Crippen LogP contribution >= 0.6 is 11.6 Å². The van der Waals surface area contributed by atoms with Crippen molar-refractivity contribution < 1.29 is 55.8 Å². The van der Waals surface area contributed by atoms with Gasteiger partial charge >= 0.3 is 18.6 Å². The Morgan fingerprint density at radius 1 is 0.511 bits per heavy atom. The first kappa shape index (κ1) is 45.8. The number of aliphatic imine (C=N–C) groups is 2. The molecule has 0 N–H and O–H groups in total. The molecule has 0 amide bonds. The number of benzene rings is 2. The zero-order valence-electron chi connectivity index (χ0n) is 27.9. The molecule has 0 fully saturated rings. The first-order valence-corrected chi connectivity index (χ1v) is 16.4. The van der Waals surface area contributed by atoms with E-state index in [0.29, 0.717) is 5.02 Å². The van der Waals surface area contributed by atoms with Crippen LogP contribution in [0.2, 0.25) is 5.02 Å². The van der Waals surface area contributed by atoms with E-state index in [0.717, 1.165) is 99.8 Å². The van der Waals surface area contributed by atoms with Crippen LogP contribution in [0.1, 0.15) is 125 Å². The molecule has 0 aliphatic heterocycles. The van der Waals surface area contributed by atoms with E-state index in [1.54, 1.807) is 0 Å². The summed E-state index contributed by atoms with van der Waals surface area (Å²) in [5, 5.41) is 0.643. The van der Waals surface area contributed by atoms with Gasteiger partial charge in [-0.15, -0.1) is 0 Å². The summed E-state index contributed by atoms with van der Waals surface area (Å²) in [6.07, 6.45) is 16.8. The molecule has 3 rings (SSSR count). The predicted molar refractivity (Wildman–Crippen MR) is 181 cm³/mol. The first-order chi connectivity index (χ1) is 20.0. The van der Waals surface area contributed by atoms with Gasteiger partial charge in [0.1, 0.15) is 0 Å². The van der Waals surface area contributed by atoms with Crippen LogP contribution in [0.3, 0.4) is 0 Å². The van der Waals surface area contributed by atoms with Crippen molar-refractivity contribution in [3.8, 4) is 0 Å². The molecule has 8 heteroatoms. The SMILES string of the molecule is CCCc1cc(CCC)c(N=Cc2cc(Cl)cc(C=Nc3c(CCC)cc(CCC)cc3CCC)n2)c(CCC)c1.[Cl-].[Cl-].[Cl-].[V+3]. The van der Waals surface area contributed by atoms with Gasteiger partial charge < -0.3 is 37.2 Å². The van der Waals surface area contributed by atoms with Crippen LogP contribution in [0.5, 0.6) is 0 Å². The molecular weight excluding hydrogens is 679 g/mol. The third-order valence-electron chi connectivity index (χ3n) is 7.29. The molecule has 45 heavy (non-hydrogen) atoms. The molecule has 246 valence electrons. The summed E-state index contributed by atoms with van der Waals surface area (Å²) >= 11 is 6.59. The van der Waals surface area contributed by atoms with Gasteiger partial charge in [-0.05, 0) is 84.0 Å². The van der Waals surface area contributed by atoms with Crippen molar-refractivity contribution in [2.75, 3.05) is 0 Å². The van der Waals surface area contributed by atoms with Crippen molar-refractivity contribution in [3.05, 3.63) is 86.2 Å². The molecular formula is C37H50Cl4N3V. The zero-order chi connectivity index (χ0) is 29.6. The van der Waals surface area contributed by atoms with Crippen LogP contribution in [0.4, 0.5) is 11.4 Å². The van der Waals surface area contributed by atoms with Crippen molar-refractivity contribution in [1.82, 2.24) is 4.98 Å². The van der Waals surface area contributed by atoms with Gasteiger partial charge in [0.25, 0.3) is 0 Å². The summed E-state index contributed by atoms with van der Waals surface area (Å²) in [5.74, 6) is 0. The molecule has 0 saturated carbocycles. The Bertz CT molecular complexity index is 1190. The number of hydrogen-bond donors (Lipinski definition) is 0. The van der Waals surface area contributed by atoms with Crippen LogP contribution in [0.15, 0.2) is 46.4 Å². The molecule has 1 heterocycles. The third kappa shape index (κ3) is 14.1. The monoisotopic (exact) mass is 727 g/mol. The third-order valence-corrected chi connectivity index (χ3v) is 7.51. The summed E-state index contributed by atoms with van der Waals surface area (Å²) in [6.45, 7) is 13.4. The van der Waals surface area contributed by atoms with Crippen LogP contribution in [0, 0.1) is 0 Å². The Morgan fingerprint density at radius 3 is 1.07 bits per heavy atom. The minimum Gasteiger partial charge on any atom is -1.00 e. The maximum Gasteiger partial charge on any atom is 3.00 e. The molecule has 0 bridgehead atoms. The standard InChI is InChI=1S/C37H50ClN3.3ClH.V/c1-7-13-27-19-29(15-9-3)36(30(20-27)16-10-4)39-25-34-23-33(38)24-35(41-34)26-40-37-31(17-11-5)21-28(14-8-2)22-32(37)18-12-6;;;;/h19-26H,7-18H2,1-6H3;3*1H;/q;;;;+3/p-3. The van der Waals surface area contributed by atoms with E-state index in [2.05, 4.69) is 65.8 Å². The molecule has 0 saturated heterocycles. The molecule has 0 radical (unpaired) electrons. The summed E-state index contributed by atoms with van der Waals surface area (Å²) in [4.78, 5) is 14.9. The molecule has 3 aromatic rings. The van der Waals surface area contributed by atoms with Crippen molar-refractivity contribution in [3.63, 3.8) is 0 Å². The maximum absolute atomic E-state index is 6.59. The van der Waals surface area contributed by atoms with Crippen molar-refractivity contribution in [2.24, 2.45) is 9.98 Å². The Morgan fingerprint density at radius 2 is 0.800 bits per heavy atom. The summed E-state index contributed by atoms with van der Waals surface area (Å²) in [5.41, 5.74) is 11.9. The van der Waals surface area contributed by atoms with Gasteiger partial charge in [-0.3, -0.25) is 9.98 Å². The average molecular weight is 730 g/mol. The maximum atomic E-state index is 6.59. The van der Waals surface area contributed by atoms with Crippen molar-refractivity contribution in [2.45, 2.75) is 119 Å². The second-order valence-corrected chi connectivity index (χ2v) is 11.6. The second-order valence-electron chi connectivity index (χ2n) is 11.2. The minimum atomic E-state index is 0. The van der Waals surface area contributed by atoms with E-state index in [1.807, 2.05) is 24.6 Å². The number of aryl methyl sites for hydroxylation is 6. The normalized spacial score (nSPS) is 10.7. The number of nitrogens with zero attached hydrogens (tertiary/aromatic N) is 3. The molecule has 0 unspecified atom stereocenters. The van der Waals surface area contributed by atoms with Gasteiger partial charge in [0.05, 0.1) is 35.2 Å². The number of aromatic nitrogens is 1. The fraction of sp³-hybridized carbons (Fsp3) is 0.486. The molecule has 1 aromatic heterocycles. The fourth-order valence-electron chi connectivity index (χ4n) is 5.63. The Balaban J connectivity index is 0. The summed E-state index contributed by atoms with van der Waals surface area (Å²) in [7, 11) is 0. The van der Waals surface area contributed by atoms with Gasteiger partial charge in [-0.25, -0.2) is 4.98 Å². The van der Waals surface area contributed by atoms with Gasteiger partial charge in [0, 0.05) is 5.02 Å². The molecule has 3 nitrogen and oxygen atoms in total. The molecule has 0 atom stereocenters. The smallest absolute Gasteiger partial charge is 1.00 e. The molecule has 0 aliphatic carbocycles. The first-order valence-electron chi connectivity index (χ1n) is 16.0. The van der Waals surface area contributed by atoms with E-state index in [-0.39, 0.29) is 55.8 Å². The van der Waals surface area contributed by atoms with Crippen molar-refractivity contribution in [1.29, 1.82) is 0 Å². The summed E-state index contributed by atoms with van der Waals surface area (Å²) < 4.78 is 0. The van der Waals surface area contributed by atoms with E-state index in [9.17, 15) is 0 Å². The quantitative estimate of drug-likeness (QED) is 0.208. The molecule has 2 aromatic carbocycles. The molecule has 0 aliphatic rings. The van der Waals surface area contributed by atoms with Crippen LogP contribution in [0.25, 0.3) is 0 Å². The van der Waals surface area contributed by atoms with E-state index in [4.69, 9.17) is 26.6 Å². The Hall–Kier alpha value is -1.33. The molecule has 0 spiro atoms. The van der Waals surface area contributed by atoms with E-state index in [1.165, 1.54) is 33.4 Å². The average Bonchev–Trinajstić information content (AvgIpc) is 2.93. The van der Waals surface area contributed by atoms with E-state index >= 15 is 0 Å². The van der Waals surface area contributed by atoms with Crippen LogP contribution in [-0.4, -0.2) is 17.4 Å². The van der Waals surface area contributed by atoms with Crippen LogP contribution < -0.4 is 37.2 Å². The Kier molecular flexibility index (Phi) is 25.2. The van der Waals surface area contributed by atoms with Gasteiger partial charge in [0.15, 0.2) is 0 Å². The number of hydrogen-bond acceptors (Lipinski definition) is 3.